The number of nitrogens with one attached hydrogen (secondary N) is 1. The molecule has 1 amide bonds. The van der Waals surface area contributed by atoms with Gasteiger partial charge in [-0.3, -0.25) is 14.5 Å². The van der Waals surface area contributed by atoms with Gasteiger partial charge in [0.15, 0.2) is 5.82 Å². The highest BCUT2D eigenvalue weighted by Gasteiger charge is 2.28. The lowest BCUT2D eigenvalue weighted by atomic mass is 10.0. The minimum Gasteiger partial charge on any atom is -0.480 e. The van der Waals surface area contributed by atoms with E-state index in [2.05, 4.69) is 10.5 Å². The molecule has 1 fully saturated rings. The van der Waals surface area contributed by atoms with E-state index in [0.717, 1.165) is 19.4 Å². The van der Waals surface area contributed by atoms with Crippen molar-refractivity contribution in [2.75, 3.05) is 18.4 Å². The number of piperidine rings is 1. The normalized spacial score (nSPS) is 18.8. The third kappa shape index (κ3) is 5.02. The molecule has 1 aromatic rings. The highest BCUT2D eigenvalue weighted by atomic mass is 35.5. The summed E-state index contributed by atoms with van der Waals surface area (Å²) < 4.78 is 4.86. The molecule has 0 saturated carbocycles. The summed E-state index contributed by atoms with van der Waals surface area (Å²) in [4.78, 5) is 24.8. The van der Waals surface area contributed by atoms with Gasteiger partial charge in [0.2, 0.25) is 5.91 Å². The van der Waals surface area contributed by atoms with E-state index >= 15 is 0 Å². The van der Waals surface area contributed by atoms with Crippen LogP contribution >= 0.6 is 12.4 Å². The highest BCUT2D eigenvalue weighted by Crippen LogP contribution is 2.17. The number of anilines is 1. The van der Waals surface area contributed by atoms with Crippen LogP contribution in [0.2, 0.25) is 0 Å². The number of likely N-dealkylation sites (tertiary alicyclic amines) is 1. The second-order valence-electron chi connectivity index (χ2n) is 5.01. The molecule has 1 atom stereocenters. The maximum Gasteiger partial charge on any atom is 0.320 e. The van der Waals surface area contributed by atoms with Crippen molar-refractivity contribution in [2.45, 2.75) is 38.6 Å². The molecule has 1 aliphatic rings. The number of rotatable bonds is 5. The van der Waals surface area contributed by atoms with E-state index in [0.29, 0.717) is 24.5 Å². The minimum absolute atomic E-state index is 0. The third-order valence-corrected chi connectivity index (χ3v) is 3.42. The summed E-state index contributed by atoms with van der Waals surface area (Å²) in [6, 6.07) is 1.17. The Labute approximate surface area is 129 Å². The molecular formula is C13H20ClN3O4. The van der Waals surface area contributed by atoms with Crippen LogP contribution in [0.1, 0.15) is 31.4 Å². The number of carbonyl (C=O) groups excluding carboxylic acids is 1. The zero-order valence-electron chi connectivity index (χ0n) is 11.9. The number of aryl methyl sites for hydroxylation is 1. The molecule has 2 rings (SSSR count). The second kappa shape index (κ2) is 7.99. The van der Waals surface area contributed by atoms with Crippen molar-refractivity contribution in [1.29, 1.82) is 0 Å². The quantitative estimate of drug-likeness (QED) is 0.857. The molecule has 118 valence electrons. The highest BCUT2D eigenvalue weighted by molar-refractivity contribution is 5.89. The van der Waals surface area contributed by atoms with Gasteiger partial charge in [-0.1, -0.05) is 11.6 Å². The summed E-state index contributed by atoms with van der Waals surface area (Å²) >= 11 is 0. The van der Waals surface area contributed by atoms with Gasteiger partial charge in [-0.15, -0.1) is 12.4 Å². The van der Waals surface area contributed by atoms with E-state index in [1.165, 1.54) is 0 Å². The standard InChI is InChI=1S/C13H19N3O4.ClH/c1-9-8-11(15-20-9)14-12(17)5-7-16-6-3-2-4-10(16)13(18)19;/h8,10H,2-7H2,1H3,(H,18,19)(H,14,15,17);1H. The Morgan fingerprint density at radius 1 is 1.52 bits per heavy atom. The van der Waals surface area contributed by atoms with Gasteiger partial charge in [-0.2, -0.15) is 0 Å². The number of hydrogen-bond donors (Lipinski definition) is 2. The second-order valence-corrected chi connectivity index (χ2v) is 5.01. The van der Waals surface area contributed by atoms with Crippen LogP contribution in [-0.2, 0) is 9.59 Å². The number of halogens is 1. The predicted octanol–water partition coefficient (Wildman–Crippen LogP) is 1.67. The van der Waals surface area contributed by atoms with Gasteiger partial charge in [0.25, 0.3) is 0 Å². The number of amides is 1. The average molecular weight is 318 g/mol. The summed E-state index contributed by atoms with van der Waals surface area (Å²) in [5.41, 5.74) is 0. The molecule has 1 aromatic heterocycles. The Morgan fingerprint density at radius 3 is 2.90 bits per heavy atom. The summed E-state index contributed by atoms with van der Waals surface area (Å²) in [5, 5.41) is 15.5. The molecule has 8 heteroatoms. The summed E-state index contributed by atoms with van der Waals surface area (Å²) in [6.45, 7) is 2.92. The fourth-order valence-corrected chi connectivity index (χ4v) is 2.41. The molecule has 1 aliphatic heterocycles. The van der Waals surface area contributed by atoms with Crippen LogP contribution in [0.3, 0.4) is 0 Å². The zero-order valence-corrected chi connectivity index (χ0v) is 12.7. The molecule has 0 aromatic carbocycles. The topological polar surface area (TPSA) is 95.7 Å². The maximum atomic E-state index is 11.8. The molecule has 1 saturated heterocycles. The molecule has 2 heterocycles. The van der Waals surface area contributed by atoms with Crippen molar-refractivity contribution in [3.05, 3.63) is 11.8 Å². The maximum absolute atomic E-state index is 11.8. The lowest BCUT2D eigenvalue weighted by Gasteiger charge is -2.32. The van der Waals surface area contributed by atoms with E-state index in [4.69, 9.17) is 9.63 Å². The summed E-state index contributed by atoms with van der Waals surface area (Å²) in [7, 11) is 0. The van der Waals surface area contributed by atoms with Crippen molar-refractivity contribution in [3.63, 3.8) is 0 Å². The summed E-state index contributed by atoms with van der Waals surface area (Å²) in [6.07, 6.45) is 2.81. The molecule has 0 radical (unpaired) electrons. The van der Waals surface area contributed by atoms with Crippen molar-refractivity contribution in [2.24, 2.45) is 0 Å². The number of nitrogens with zero attached hydrogens (tertiary/aromatic N) is 2. The monoisotopic (exact) mass is 317 g/mol. The van der Waals surface area contributed by atoms with Crippen LogP contribution in [0.4, 0.5) is 5.82 Å². The van der Waals surface area contributed by atoms with Gasteiger partial charge >= 0.3 is 5.97 Å². The van der Waals surface area contributed by atoms with E-state index < -0.39 is 12.0 Å². The van der Waals surface area contributed by atoms with Crippen molar-refractivity contribution < 1.29 is 19.2 Å². The Kier molecular flexibility index (Phi) is 6.64. The smallest absolute Gasteiger partial charge is 0.320 e. The molecule has 2 N–H and O–H groups in total. The van der Waals surface area contributed by atoms with Crippen LogP contribution < -0.4 is 5.32 Å². The molecular weight excluding hydrogens is 298 g/mol. The Bertz CT molecular complexity index is 492. The van der Waals surface area contributed by atoms with Crippen LogP contribution in [0, 0.1) is 6.92 Å². The number of carboxylic acid groups (broad SMARTS) is 1. The average Bonchev–Trinajstić information content (AvgIpc) is 2.82. The van der Waals surface area contributed by atoms with Gasteiger partial charge < -0.3 is 14.9 Å². The number of carbonyl (C=O) groups is 2. The number of aromatic nitrogens is 1. The van der Waals surface area contributed by atoms with E-state index in [1.807, 2.05) is 4.90 Å². The van der Waals surface area contributed by atoms with Crippen LogP contribution in [-0.4, -0.2) is 46.2 Å². The zero-order chi connectivity index (χ0) is 14.5. The Morgan fingerprint density at radius 2 is 2.29 bits per heavy atom. The SMILES string of the molecule is Cc1cc(NC(=O)CCN2CCCCC2C(=O)O)no1.Cl. The molecule has 7 nitrogen and oxygen atoms in total. The van der Waals surface area contributed by atoms with Crippen LogP contribution in [0.15, 0.2) is 10.6 Å². The molecule has 21 heavy (non-hydrogen) atoms. The van der Waals surface area contributed by atoms with E-state index in [-0.39, 0.29) is 24.7 Å². The molecule has 1 unspecified atom stereocenters. The van der Waals surface area contributed by atoms with E-state index in [9.17, 15) is 9.59 Å². The lowest BCUT2D eigenvalue weighted by molar-refractivity contribution is -0.144. The predicted molar refractivity (Wildman–Crippen MR) is 78.6 cm³/mol. The fraction of sp³-hybridized carbons (Fsp3) is 0.615. The minimum atomic E-state index is -0.808. The van der Waals surface area contributed by atoms with Gasteiger partial charge in [0.1, 0.15) is 11.8 Å². The van der Waals surface area contributed by atoms with E-state index in [1.54, 1.807) is 13.0 Å². The van der Waals surface area contributed by atoms with Gasteiger partial charge in [-0.25, -0.2) is 0 Å². The van der Waals surface area contributed by atoms with Crippen molar-refractivity contribution >= 4 is 30.1 Å². The van der Waals surface area contributed by atoms with Gasteiger partial charge in [0, 0.05) is 19.0 Å². The van der Waals surface area contributed by atoms with Crippen LogP contribution in [0.25, 0.3) is 0 Å². The number of aliphatic carboxylic acids is 1. The Hall–Kier alpha value is -1.60. The molecule has 0 aliphatic carbocycles. The molecule has 0 spiro atoms. The van der Waals surface area contributed by atoms with Gasteiger partial charge in [0.05, 0.1) is 0 Å². The fourth-order valence-electron chi connectivity index (χ4n) is 2.41. The third-order valence-electron chi connectivity index (χ3n) is 3.42. The number of hydrogen-bond acceptors (Lipinski definition) is 5. The first-order valence-corrected chi connectivity index (χ1v) is 6.76. The first-order valence-electron chi connectivity index (χ1n) is 6.76. The van der Waals surface area contributed by atoms with Crippen molar-refractivity contribution in [1.82, 2.24) is 10.1 Å². The summed E-state index contributed by atoms with van der Waals surface area (Å²) in [5.74, 6) is 0.0217. The number of carboxylic acids is 1. The van der Waals surface area contributed by atoms with Gasteiger partial charge in [-0.05, 0) is 26.3 Å². The lowest BCUT2D eigenvalue weighted by Crippen LogP contribution is -2.45. The first-order chi connectivity index (χ1) is 9.56. The van der Waals surface area contributed by atoms with Crippen molar-refractivity contribution in [3.8, 4) is 0 Å². The Balaban J connectivity index is 0.00000220. The largest absolute Gasteiger partial charge is 0.480 e. The molecule has 0 bridgehead atoms. The first kappa shape index (κ1) is 17.5. The van der Waals surface area contributed by atoms with Crippen LogP contribution in [0.5, 0.6) is 0 Å².